The molecule has 2 N–H and O–H groups in total. The quantitative estimate of drug-likeness (QED) is 0.819. The van der Waals surface area contributed by atoms with E-state index in [0.717, 1.165) is 32.2 Å². The second-order valence-electron chi connectivity index (χ2n) is 6.87. The molecule has 0 atom stereocenters. The average Bonchev–Trinajstić information content (AvgIpc) is 2.87. The lowest BCUT2D eigenvalue weighted by molar-refractivity contribution is -0.138. The third kappa shape index (κ3) is 4.61. The van der Waals surface area contributed by atoms with Crippen LogP contribution in [0.5, 0.6) is 0 Å². The first-order valence-electron chi connectivity index (χ1n) is 8.26. The minimum atomic E-state index is -0.827. The molecule has 0 saturated heterocycles. The summed E-state index contributed by atoms with van der Waals surface area (Å²) in [6, 6.07) is -0.108. The van der Waals surface area contributed by atoms with E-state index < -0.39 is 11.5 Å². The number of hydrogen-bond donors (Lipinski definition) is 2. The van der Waals surface area contributed by atoms with Gasteiger partial charge in [0.15, 0.2) is 0 Å². The molecule has 0 heterocycles. The van der Waals surface area contributed by atoms with Crippen LogP contribution < -0.4 is 5.32 Å². The van der Waals surface area contributed by atoms with Gasteiger partial charge in [0.05, 0.1) is 12.0 Å². The Morgan fingerprint density at radius 2 is 1.76 bits per heavy atom. The van der Waals surface area contributed by atoms with Crippen LogP contribution in [0.15, 0.2) is 0 Å². The Labute approximate surface area is 127 Å². The normalized spacial score (nSPS) is 22.0. The highest BCUT2D eigenvalue weighted by Crippen LogP contribution is 2.33. The molecule has 0 radical (unpaired) electrons. The van der Waals surface area contributed by atoms with Gasteiger partial charge in [0.2, 0.25) is 0 Å². The summed E-state index contributed by atoms with van der Waals surface area (Å²) in [5, 5.41) is 12.1. The van der Waals surface area contributed by atoms with Crippen molar-refractivity contribution in [3.05, 3.63) is 0 Å². The number of rotatable bonds is 5. The molecule has 2 aliphatic rings. The van der Waals surface area contributed by atoms with Gasteiger partial charge in [-0.3, -0.25) is 4.79 Å². The first-order chi connectivity index (χ1) is 10.0. The maximum atomic E-state index is 12.4. The van der Waals surface area contributed by atoms with Gasteiger partial charge in [-0.2, -0.15) is 0 Å². The van der Waals surface area contributed by atoms with Crippen molar-refractivity contribution >= 4 is 12.0 Å². The number of hydrogen-bond acceptors (Lipinski definition) is 2. The van der Waals surface area contributed by atoms with E-state index in [1.165, 1.54) is 32.1 Å². The Morgan fingerprint density at radius 3 is 2.33 bits per heavy atom. The summed E-state index contributed by atoms with van der Waals surface area (Å²) >= 11 is 0. The molecule has 0 aliphatic heterocycles. The van der Waals surface area contributed by atoms with Gasteiger partial charge in [0, 0.05) is 13.6 Å². The number of carbonyl (C=O) groups excluding carboxylic acids is 1. The standard InChI is InChI=1S/C16H28N2O3/c1-18(12-13-7-3-2-4-8-13)15(21)17-16(11-14(19)20)9-5-6-10-16/h13H,2-12H2,1H3,(H,17,21)(H,19,20). The van der Waals surface area contributed by atoms with Gasteiger partial charge in [-0.05, 0) is 31.6 Å². The smallest absolute Gasteiger partial charge is 0.317 e. The first-order valence-corrected chi connectivity index (χ1v) is 8.26. The third-order valence-electron chi connectivity index (χ3n) is 5.03. The fraction of sp³-hybridized carbons (Fsp3) is 0.875. The lowest BCUT2D eigenvalue weighted by atomic mass is 9.89. The van der Waals surface area contributed by atoms with Crippen LogP contribution in [0.25, 0.3) is 0 Å². The van der Waals surface area contributed by atoms with E-state index in [2.05, 4.69) is 5.32 Å². The van der Waals surface area contributed by atoms with E-state index in [9.17, 15) is 9.59 Å². The zero-order valence-corrected chi connectivity index (χ0v) is 13.1. The first kappa shape index (κ1) is 16.1. The van der Waals surface area contributed by atoms with Crippen LogP contribution in [0.2, 0.25) is 0 Å². The van der Waals surface area contributed by atoms with Gasteiger partial charge >= 0.3 is 12.0 Å². The number of carboxylic acid groups (broad SMARTS) is 1. The second-order valence-corrected chi connectivity index (χ2v) is 6.87. The molecule has 0 unspecified atom stereocenters. The predicted octanol–water partition coefficient (Wildman–Crippen LogP) is 3.00. The molecule has 21 heavy (non-hydrogen) atoms. The molecular weight excluding hydrogens is 268 g/mol. The Morgan fingerprint density at radius 1 is 1.14 bits per heavy atom. The predicted molar refractivity (Wildman–Crippen MR) is 81.2 cm³/mol. The van der Waals surface area contributed by atoms with Crippen molar-refractivity contribution in [3.8, 4) is 0 Å². The molecule has 0 aromatic carbocycles. The highest BCUT2D eigenvalue weighted by atomic mass is 16.4. The second kappa shape index (κ2) is 7.14. The summed E-state index contributed by atoms with van der Waals surface area (Å²) in [5.74, 6) is -0.222. The molecule has 0 aromatic rings. The molecule has 120 valence electrons. The van der Waals surface area contributed by atoms with Crippen LogP contribution in [0, 0.1) is 5.92 Å². The maximum Gasteiger partial charge on any atom is 0.317 e. The van der Waals surface area contributed by atoms with Crippen LogP contribution in [0.4, 0.5) is 4.79 Å². The lowest BCUT2D eigenvalue weighted by Gasteiger charge is -2.33. The van der Waals surface area contributed by atoms with Crippen molar-refractivity contribution in [3.63, 3.8) is 0 Å². The highest BCUT2D eigenvalue weighted by Gasteiger charge is 2.38. The van der Waals surface area contributed by atoms with Crippen LogP contribution in [-0.4, -0.2) is 41.1 Å². The molecule has 5 heteroatoms. The van der Waals surface area contributed by atoms with Crippen molar-refractivity contribution in [2.45, 2.75) is 69.7 Å². The Bertz CT molecular complexity index is 372. The van der Waals surface area contributed by atoms with Gasteiger partial charge in [-0.15, -0.1) is 0 Å². The van der Waals surface area contributed by atoms with Crippen molar-refractivity contribution in [1.29, 1.82) is 0 Å². The molecule has 0 spiro atoms. The molecule has 5 nitrogen and oxygen atoms in total. The molecule has 2 aliphatic carbocycles. The Kier molecular flexibility index (Phi) is 5.48. The fourth-order valence-corrected chi connectivity index (χ4v) is 3.85. The van der Waals surface area contributed by atoms with E-state index in [-0.39, 0.29) is 12.5 Å². The molecule has 2 amide bonds. The van der Waals surface area contributed by atoms with Gasteiger partial charge in [0.25, 0.3) is 0 Å². The number of urea groups is 1. The number of nitrogens with one attached hydrogen (secondary N) is 1. The highest BCUT2D eigenvalue weighted by molar-refractivity contribution is 5.76. The summed E-state index contributed by atoms with van der Waals surface area (Å²) in [4.78, 5) is 25.2. The molecule has 0 aromatic heterocycles. The number of carbonyl (C=O) groups is 2. The molecule has 2 saturated carbocycles. The summed E-state index contributed by atoms with van der Waals surface area (Å²) in [6.07, 6.45) is 9.86. The van der Waals surface area contributed by atoms with E-state index >= 15 is 0 Å². The third-order valence-corrected chi connectivity index (χ3v) is 5.03. The summed E-state index contributed by atoms with van der Waals surface area (Å²) in [5.41, 5.74) is -0.524. The van der Waals surface area contributed by atoms with Gasteiger partial charge in [0.1, 0.15) is 0 Å². The molecular formula is C16H28N2O3. The topological polar surface area (TPSA) is 69.6 Å². The summed E-state index contributed by atoms with van der Waals surface area (Å²) in [6.45, 7) is 0.787. The summed E-state index contributed by atoms with van der Waals surface area (Å²) in [7, 11) is 1.83. The maximum absolute atomic E-state index is 12.4. The van der Waals surface area contributed by atoms with E-state index in [4.69, 9.17) is 5.11 Å². The monoisotopic (exact) mass is 296 g/mol. The van der Waals surface area contributed by atoms with Crippen molar-refractivity contribution in [2.24, 2.45) is 5.92 Å². The van der Waals surface area contributed by atoms with Crippen LogP contribution in [-0.2, 0) is 4.79 Å². The van der Waals surface area contributed by atoms with Crippen LogP contribution in [0.3, 0.4) is 0 Å². The van der Waals surface area contributed by atoms with Crippen molar-refractivity contribution in [2.75, 3.05) is 13.6 Å². The van der Waals surface area contributed by atoms with E-state index in [1.807, 2.05) is 7.05 Å². The number of nitrogens with zero attached hydrogens (tertiary/aromatic N) is 1. The van der Waals surface area contributed by atoms with Gasteiger partial charge < -0.3 is 15.3 Å². The number of aliphatic carboxylic acids is 1. The van der Waals surface area contributed by atoms with Crippen LogP contribution >= 0.6 is 0 Å². The molecule has 0 bridgehead atoms. The largest absolute Gasteiger partial charge is 0.481 e. The average molecular weight is 296 g/mol. The van der Waals surface area contributed by atoms with Crippen molar-refractivity contribution in [1.82, 2.24) is 10.2 Å². The minimum absolute atomic E-state index is 0.0377. The molecule has 2 rings (SSSR count). The zero-order valence-electron chi connectivity index (χ0n) is 13.1. The van der Waals surface area contributed by atoms with Gasteiger partial charge in [-0.1, -0.05) is 32.1 Å². The Hall–Kier alpha value is -1.26. The minimum Gasteiger partial charge on any atom is -0.481 e. The van der Waals surface area contributed by atoms with Crippen molar-refractivity contribution < 1.29 is 14.7 Å². The SMILES string of the molecule is CN(CC1CCCCC1)C(=O)NC1(CC(=O)O)CCCC1. The fourth-order valence-electron chi connectivity index (χ4n) is 3.85. The Balaban J connectivity index is 1.87. The van der Waals surface area contributed by atoms with Gasteiger partial charge in [-0.25, -0.2) is 4.79 Å². The van der Waals surface area contributed by atoms with E-state index in [1.54, 1.807) is 4.90 Å². The van der Waals surface area contributed by atoms with E-state index in [0.29, 0.717) is 5.92 Å². The zero-order chi connectivity index (χ0) is 15.3. The number of carboxylic acids is 1. The molecule has 2 fully saturated rings. The lowest BCUT2D eigenvalue weighted by Crippen LogP contribution is -2.52. The van der Waals surface area contributed by atoms with Crippen LogP contribution in [0.1, 0.15) is 64.2 Å². The summed E-state index contributed by atoms with van der Waals surface area (Å²) < 4.78 is 0. The number of amides is 2.